The molecule has 120 valence electrons. The van der Waals surface area contributed by atoms with Gasteiger partial charge in [0.25, 0.3) is 0 Å². The fourth-order valence-corrected chi connectivity index (χ4v) is 3.99. The van der Waals surface area contributed by atoms with Gasteiger partial charge < -0.3 is 5.32 Å². The smallest absolute Gasteiger partial charge is 0.211 e. The third-order valence-electron chi connectivity index (χ3n) is 4.63. The third-order valence-corrected chi connectivity index (χ3v) is 5.07. The molecule has 2 aromatic rings. The van der Waals surface area contributed by atoms with Gasteiger partial charge in [-0.05, 0) is 54.8 Å². The standard InChI is InChI=1S/C19H13Cl2NO2/c1-8-3-10(20)5-13-12(8)7-15(18(13)23)17-19(24)14-6-11(21)4-9(2)16(14)22-17/h3-6,22H,7H2,1-2H3/b17-15-. The van der Waals surface area contributed by atoms with Crippen LogP contribution in [0, 0.1) is 13.8 Å². The maximum atomic E-state index is 12.8. The van der Waals surface area contributed by atoms with Crippen LogP contribution in [0.3, 0.4) is 0 Å². The van der Waals surface area contributed by atoms with Gasteiger partial charge in [0.05, 0.1) is 11.4 Å². The van der Waals surface area contributed by atoms with Crippen LogP contribution < -0.4 is 5.32 Å². The predicted molar refractivity (Wildman–Crippen MR) is 95.4 cm³/mol. The fraction of sp³-hybridized carbons (Fsp3) is 0.158. The summed E-state index contributed by atoms with van der Waals surface area (Å²) in [6, 6.07) is 6.95. The van der Waals surface area contributed by atoms with Crippen molar-refractivity contribution in [1.82, 2.24) is 0 Å². The first-order chi connectivity index (χ1) is 11.4. The molecule has 1 aliphatic carbocycles. The zero-order valence-electron chi connectivity index (χ0n) is 13.1. The first-order valence-electron chi connectivity index (χ1n) is 7.55. The number of hydrogen-bond acceptors (Lipinski definition) is 3. The molecule has 0 radical (unpaired) electrons. The first-order valence-corrected chi connectivity index (χ1v) is 8.31. The van der Waals surface area contributed by atoms with Crippen molar-refractivity contribution in [2.45, 2.75) is 20.3 Å². The topological polar surface area (TPSA) is 46.2 Å². The Balaban J connectivity index is 1.86. The van der Waals surface area contributed by atoms with Gasteiger partial charge in [-0.3, -0.25) is 9.59 Å². The second-order valence-corrected chi connectivity index (χ2v) is 7.08. The number of benzene rings is 2. The number of anilines is 1. The van der Waals surface area contributed by atoms with Crippen LogP contribution in [-0.4, -0.2) is 11.6 Å². The van der Waals surface area contributed by atoms with Gasteiger partial charge in [-0.25, -0.2) is 0 Å². The molecular formula is C19H13Cl2NO2. The summed E-state index contributed by atoms with van der Waals surface area (Å²) in [7, 11) is 0. The minimum Gasteiger partial charge on any atom is -0.351 e. The zero-order chi connectivity index (χ0) is 17.2. The van der Waals surface area contributed by atoms with E-state index in [1.807, 2.05) is 19.9 Å². The Kier molecular flexibility index (Phi) is 3.34. The van der Waals surface area contributed by atoms with E-state index in [2.05, 4.69) is 5.32 Å². The van der Waals surface area contributed by atoms with Crippen molar-refractivity contribution in [3.05, 3.63) is 73.4 Å². The minimum absolute atomic E-state index is 0.136. The lowest BCUT2D eigenvalue weighted by atomic mass is 10.0. The molecule has 1 N–H and O–H groups in total. The molecule has 0 aromatic heterocycles. The molecular weight excluding hydrogens is 345 g/mol. The van der Waals surface area contributed by atoms with Crippen molar-refractivity contribution >= 4 is 40.5 Å². The molecule has 1 heterocycles. The number of halogens is 2. The molecule has 2 aliphatic rings. The first kappa shape index (κ1) is 15.4. The average Bonchev–Trinajstić information content (AvgIpc) is 2.99. The number of hydrogen-bond donors (Lipinski definition) is 1. The number of fused-ring (bicyclic) bond motifs is 2. The van der Waals surface area contributed by atoms with Gasteiger partial charge in [0.15, 0.2) is 5.78 Å². The van der Waals surface area contributed by atoms with E-state index in [0.717, 1.165) is 22.4 Å². The van der Waals surface area contributed by atoms with Crippen LogP contribution in [0.15, 0.2) is 35.5 Å². The van der Waals surface area contributed by atoms with E-state index in [1.165, 1.54) is 0 Å². The summed E-state index contributed by atoms with van der Waals surface area (Å²) in [6.45, 7) is 3.81. The van der Waals surface area contributed by atoms with E-state index in [9.17, 15) is 9.59 Å². The van der Waals surface area contributed by atoms with E-state index >= 15 is 0 Å². The Morgan fingerprint density at radius 2 is 1.50 bits per heavy atom. The lowest BCUT2D eigenvalue weighted by Gasteiger charge is -2.05. The lowest BCUT2D eigenvalue weighted by Crippen LogP contribution is -2.09. The van der Waals surface area contributed by atoms with Gasteiger partial charge in [0.1, 0.15) is 0 Å². The molecule has 5 heteroatoms. The van der Waals surface area contributed by atoms with Gasteiger partial charge in [0, 0.05) is 33.2 Å². The van der Waals surface area contributed by atoms with Crippen LogP contribution in [0.4, 0.5) is 5.69 Å². The summed E-state index contributed by atoms with van der Waals surface area (Å²) < 4.78 is 0. The number of aryl methyl sites for hydroxylation is 2. The number of carbonyl (C=O) groups excluding carboxylic acids is 2. The average molecular weight is 358 g/mol. The van der Waals surface area contributed by atoms with Crippen LogP contribution >= 0.6 is 23.2 Å². The summed E-state index contributed by atoms with van der Waals surface area (Å²) in [5.74, 6) is -0.321. The Labute approximate surface area is 149 Å². The number of rotatable bonds is 0. The van der Waals surface area contributed by atoms with Crippen molar-refractivity contribution in [2.24, 2.45) is 0 Å². The second-order valence-electron chi connectivity index (χ2n) is 6.21. The molecule has 0 atom stereocenters. The molecule has 2 aromatic carbocycles. The number of carbonyl (C=O) groups is 2. The molecule has 1 aliphatic heterocycles. The van der Waals surface area contributed by atoms with E-state index in [4.69, 9.17) is 23.2 Å². The maximum absolute atomic E-state index is 12.8. The molecule has 0 fully saturated rings. The Bertz CT molecular complexity index is 910. The van der Waals surface area contributed by atoms with Crippen molar-refractivity contribution in [3.63, 3.8) is 0 Å². The van der Waals surface area contributed by atoms with Crippen molar-refractivity contribution < 1.29 is 9.59 Å². The maximum Gasteiger partial charge on any atom is 0.211 e. The summed E-state index contributed by atoms with van der Waals surface area (Å²) in [4.78, 5) is 25.6. The van der Waals surface area contributed by atoms with Gasteiger partial charge >= 0.3 is 0 Å². The van der Waals surface area contributed by atoms with Crippen LogP contribution in [0.25, 0.3) is 0 Å². The van der Waals surface area contributed by atoms with Crippen LogP contribution in [0.5, 0.6) is 0 Å². The largest absolute Gasteiger partial charge is 0.351 e. The molecule has 0 bridgehead atoms. The lowest BCUT2D eigenvalue weighted by molar-refractivity contribution is 0.101. The van der Waals surface area contributed by atoms with Crippen molar-refractivity contribution in [3.8, 4) is 0 Å². The second kappa shape index (κ2) is 5.20. The fourth-order valence-electron chi connectivity index (χ4n) is 3.45. The molecule has 0 spiro atoms. The molecule has 0 saturated heterocycles. The molecule has 0 saturated carbocycles. The Morgan fingerprint density at radius 3 is 2.21 bits per heavy atom. The van der Waals surface area contributed by atoms with Gasteiger partial charge in [0.2, 0.25) is 5.78 Å². The van der Waals surface area contributed by atoms with Gasteiger partial charge in [-0.2, -0.15) is 0 Å². The Morgan fingerprint density at radius 1 is 0.875 bits per heavy atom. The highest BCUT2D eigenvalue weighted by Gasteiger charge is 2.36. The van der Waals surface area contributed by atoms with E-state index in [0.29, 0.717) is 38.9 Å². The molecule has 0 unspecified atom stereocenters. The summed E-state index contributed by atoms with van der Waals surface area (Å²) in [5.41, 5.74) is 5.45. The number of ketones is 2. The Hall–Kier alpha value is -2.10. The van der Waals surface area contributed by atoms with Crippen molar-refractivity contribution in [1.29, 1.82) is 0 Å². The quantitative estimate of drug-likeness (QED) is 0.681. The zero-order valence-corrected chi connectivity index (χ0v) is 14.6. The predicted octanol–water partition coefficient (Wildman–Crippen LogP) is 4.91. The molecule has 4 rings (SSSR count). The normalized spacial score (nSPS) is 18.7. The SMILES string of the molecule is Cc1cc(Cl)cc2c1C/C(=C1/Nc3c(C)cc(Cl)cc3C1=O)C2=O. The summed E-state index contributed by atoms with van der Waals surface area (Å²) in [5, 5.41) is 4.18. The summed E-state index contributed by atoms with van der Waals surface area (Å²) in [6.07, 6.45) is 0.437. The molecule has 0 amide bonds. The highest BCUT2D eigenvalue weighted by atomic mass is 35.5. The molecule has 3 nitrogen and oxygen atoms in total. The minimum atomic E-state index is -0.185. The monoisotopic (exact) mass is 357 g/mol. The number of allylic oxidation sites excluding steroid dienone is 2. The number of nitrogens with one attached hydrogen (secondary N) is 1. The van der Waals surface area contributed by atoms with E-state index in [-0.39, 0.29) is 11.6 Å². The van der Waals surface area contributed by atoms with Crippen LogP contribution in [0.2, 0.25) is 10.0 Å². The van der Waals surface area contributed by atoms with E-state index in [1.54, 1.807) is 18.2 Å². The van der Waals surface area contributed by atoms with Gasteiger partial charge in [-0.15, -0.1) is 0 Å². The van der Waals surface area contributed by atoms with E-state index < -0.39 is 0 Å². The highest BCUT2D eigenvalue weighted by molar-refractivity contribution is 6.33. The highest BCUT2D eigenvalue weighted by Crippen LogP contribution is 2.39. The summed E-state index contributed by atoms with van der Waals surface area (Å²) >= 11 is 12.1. The van der Waals surface area contributed by atoms with Crippen molar-refractivity contribution in [2.75, 3.05) is 5.32 Å². The van der Waals surface area contributed by atoms with Crippen LogP contribution in [0.1, 0.15) is 37.4 Å². The van der Waals surface area contributed by atoms with Gasteiger partial charge in [-0.1, -0.05) is 23.2 Å². The molecule has 24 heavy (non-hydrogen) atoms. The van der Waals surface area contributed by atoms with Crippen LogP contribution in [-0.2, 0) is 6.42 Å². The number of Topliss-reactive ketones (excluding diaryl/α,β-unsaturated/α-hetero) is 2. The third kappa shape index (κ3) is 2.12.